The Morgan fingerprint density at radius 1 is 1.30 bits per heavy atom. The molecule has 4 nitrogen and oxygen atoms in total. The molecule has 0 spiro atoms. The van der Waals surface area contributed by atoms with Gasteiger partial charge in [0.05, 0.1) is 25.4 Å². The van der Waals surface area contributed by atoms with Gasteiger partial charge >= 0.3 is 0 Å². The Labute approximate surface area is 180 Å². The minimum absolute atomic E-state index is 0.0313. The SMILES string of the molecule is CCOc1ccc(Cc2cc(C3CC(O)C[C@@](CO)(C(C)F)O3)ccc2Cl)cc1F. The van der Waals surface area contributed by atoms with E-state index in [2.05, 4.69) is 0 Å². The van der Waals surface area contributed by atoms with Crippen molar-refractivity contribution in [1.82, 2.24) is 0 Å². The summed E-state index contributed by atoms with van der Waals surface area (Å²) in [6.45, 7) is 2.96. The molecule has 1 fully saturated rings. The lowest BCUT2D eigenvalue weighted by molar-refractivity contribution is -0.207. The topological polar surface area (TPSA) is 58.9 Å². The summed E-state index contributed by atoms with van der Waals surface area (Å²) >= 11 is 6.36. The molecule has 164 valence electrons. The molecular weight excluding hydrogens is 414 g/mol. The molecule has 1 saturated heterocycles. The van der Waals surface area contributed by atoms with Crippen molar-refractivity contribution in [3.63, 3.8) is 0 Å². The van der Waals surface area contributed by atoms with E-state index in [0.717, 1.165) is 16.7 Å². The molecular formula is C23H27ClF2O4. The van der Waals surface area contributed by atoms with Crippen LogP contribution in [-0.4, -0.2) is 41.3 Å². The number of aliphatic hydroxyl groups excluding tert-OH is 2. The lowest BCUT2D eigenvalue weighted by atomic mass is 9.85. The van der Waals surface area contributed by atoms with Crippen LogP contribution in [0.4, 0.5) is 8.78 Å². The first-order valence-corrected chi connectivity index (χ1v) is 10.5. The number of rotatable bonds is 7. The molecule has 0 radical (unpaired) electrons. The second-order valence-corrected chi connectivity index (χ2v) is 8.17. The van der Waals surface area contributed by atoms with E-state index >= 15 is 0 Å². The third-order valence-corrected chi connectivity index (χ3v) is 5.94. The third kappa shape index (κ3) is 4.94. The number of ether oxygens (including phenoxy) is 2. The summed E-state index contributed by atoms with van der Waals surface area (Å²) in [6.07, 6.45) is -2.13. The summed E-state index contributed by atoms with van der Waals surface area (Å²) < 4.78 is 39.6. The number of hydrogen-bond donors (Lipinski definition) is 2. The van der Waals surface area contributed by atoms with Crippen molar-refractivity contribution in [2.45, 2.75) is 57.1 Å². The average Bonchev–Trinajstić information content (AvgIpc) is 2.71. The highest BCUT2D eigenvalue weighted by molar-refractivity contribution is 6.31. The van der Waals surface area contributed by atoms with Gasteiger partial charge in [0.2, 0.25) is 0 Å². The van der Waals surface area contributed by atoms with Crippen LogP contribution in [0.25, 0.3) is 0 Å². The van der Waals surface area contributed by atoms with Gasteiger partial charge in [0, 0.05) is 17.9 Å². The van der Waals surface area contributed by atoms with Crippen LogP contribution in [0.1, 0.15) is 49.5 Å². The van der Waals surface area contributed by atoms with Crippen LogP contribution in [0, 0.1) is 5.82 Å². The summed E-state index contributed by atoms with van der Waals surface area (Å²) in [6, 6.07) is 10.1. The predicted molar refractivity (Wildman–Crippen MR) is 111 cm³/mol. The first kappa shape index (κ1) is 22.9. The fraction of sp³-hybridized carbons (Fsp3) is 0.478. The zero-order chi connectivity index (χ0) is 21.9. The first-order chi connectivity index (χ1) is 14.3. The van der Waals surface area contributed by atoms with Crippen LogP contribution in [0.2, 0.25) is 5.02 Å². The monoisotopic (exact) mass is 440 g/mol. The van der Waals surface area contributed by atoms with Crippen LogP contribution < -0.4 is 4.74 Å². The zero-order valence-corrected chi connectivity index (χ0v) is 17.8. The Balaban J connectivity index is 1.85. The number of alkyl halides is 1. The number of hydrogen-bond acceptors (Lipinski definition) is 4. The Morgan fingerprint density at radius 3 is 2.70 bits per heavy atom. The Kier molecular flexibility index (Phi) is 7.34. The Hall–Kier alpha value is -1.73. The maximum absolute atomic E-state index is 14.2. The summed E-state index contributed by atoms with van der Waals surface area (Å²) in [5.74, 6) is -0.239. The van der Waals surface area contributed by atoms with Crippen molar-refractivity contribution in [2.75, 3.05) is 13.2 Å². The molecule has 1 aliphatic heterocycles. The average molecular weight is 441 g/mol. The van der Waals surface area contributed by atoms with E-state index in [4.69, 9.17) is 21.1 Å². The fourth-order valence-electron chi connectivity index (χ4n) is 3.87. The van der Waals surface area contributed by atoms with Crippen molar-refractivity contribution < 1.29 is 28.5 Å². The standard InChI is InChI=1S/C23H27ClF2O4/c1-3-29-21-7-4-15(9-20(21)26)8-17-10-16(5-6-19(17)24)22-11-18(28)12-23(13-27,30-22)14(2)25/h4-7,9-10,14,18,22,27-28H,3,8,11-13H2,1-2H3/t14?,18?,22?,23-/m1/s1. The highest BCUT2D eigenvalue weighted by Gasteiger charge is 2.45. The lowest BCUT2D eigenvalue weighted by Gasteiger charge is -2.43. The maximum atomic E-state index is 14.2. The Bertz CT molecular complexity index is 876. The second-order valence-electron chi connectivity index (χ2n) is 7.76. The van der Waals surface area contributed by atoms with Gasteiger partial charge in [-0.1, -0.05) is 29.8 Å². The molecule has 2 aromatic rings. The zero-order valence-electron chi connectivity index (χ0n) is 17.1. The highest BCUT2D eigenvalue weighted by atomic mass is 35.5. The van der Waals surface area contributed by atoms with E-state index in [-0.39, 0.29) is 18.6 Å². The van der Waals surface area contributed by atoms with E-state index in [9.17, 15) is 19.0 Å². The summed E-state index contributed by atoms with van der Waals surface area (Å²) in [4.78, 5) is 0. The van der Waals surface area contributed by atoms with Gasteiger partial charge in [-0.25, -0.2) is 8.78 Å². The largest absolute Gasteiger partial charge is 0.491 e. The Morgan fingerprint density at radius 2 is 2.07 bits per heavy atom. The smallest absolute Gasteiger partial charge is 0.165 e. The van der Waals surface area contributed by atoms with Gasteiger partial charge < -0.3 is 19.7 Å². The number of aliphatic hydroxyl groups is 2. The van der Waals surface area contributed by atoms with Crippen molar-refractivity contribution in [1.29, 1.82) is 0 Å². The molecule has 2 aromatic carbocycles. The van der Waals surface area contributed by atoms with E-state index < -0.39 is 36.4 Å². The molecule has 1 heterocycles. The minimum Gasteiger partial charge on any atom is -0.491 e. The van der Waals surface area contributed by atoms with Gasteiger partial charge in [-0.3, -0.25) is 0 Å². The van der Waals surface area contributed by atoms with Crippen molar-refractivity contribution in [3.05, 3.63) is 63.9 Å². The summed E-state index contributed by atoms with van der Waals surface area (Å²) in [5.41, 5.74) is 0.754. The molecule has 0 amide bonds. The third-order valence-electron chi connectivity index (χ3n) is 5.57. The van der Waals surface area contributed by atoms with E-state index in [1.807, 2.05) is 6.07 Å². The van der Waals surface area contributed by atoms with Crippen molar-refractivity contribution >= 4 is 11.6 Å². The molecule has 0 saturated carbocycles. The summed E-state index contributed by atoms with van der Waals surface area (Å²) in [5, 5.41) is 20.5. The van der Waals surface area contributed by atoms with Crippen LogP contribution in [-0.2, 0) is 11.2 Å². The van der Waals surface area contributed by atoms with E-state index in [1.165, 1.54) is 13.0 Å². The number of benzene rings is 2. The van der Waals surface area contributed by atoms with E-state index in [1.54, 1.807) is 31.2 Å². The van der Waals surface area contributed by atoms with Crippen LogP contribution in [0.3, 0.4) is 0 Å². The molecule has 4 atom stereocenters. The van der Waals surface area contributed by atoms with Crippen molar-refractivity contribution in [2.24, 2.45) is 0 Å². The molecule has 0 aliphatic carbocycles. The van der Waals surface area contributed by atoms with Gasteiger partial charge in [-0.15, -0.1) is 0 Å². The van der Waals surface area contributed by atoms with Gasteiger partial charge in [0.25, 0.3) is 0 Å². The van der Waals surface area contributed by atoms with Gasteiger partial charge in [0.1, 0.15) is 11.8 Å². The fourth-order valence-corrected chi connectivity index (χ4v) is 4.06. The van der Waals surface area contributed by atoms with Gasteiger partial charge in [-0.2, -0.15) is 0 Å². The van der Waals surface area contributed by atoms with Gasteiger partial charge in [0.15, 0.2) is 11.6 Å². The molecule has 7 heteroatoms. The molecule has 3 unspecified atom stereocenters. The highest BCUT2D eigenvalue weighted by Crippen LogP contribution is 2.41. The lowest BCUT2D eigenvalue weighted by Crippen LogP contribution is -2.51. The second kappa shape index (κ2) is 9.60. The normalized spacial score (nSPS) is 25.2. The minimum atomic E-state index is -1.45. The molecule has 1 aliphatic rings. The quantitative estimate of drug-likeness (QED) is 0.651. The van der Waals surface area contributed by atoms with Crippen LogP contribution in [0.5, 0.6) is 5.75 Å². The number of halogens is 3. The van der Waals surface area contributed by atoms with E-state index in [0.29, 0.717) is 18.1 Å². The van der Waals surface area contributed by atoms with Gasteiger partial charge in [-0.05, 0) is 55.2 Å². The van der Waals surface area contributed by atoms with Crippen LogP contribution >= 0.6 is 11.6 Å². The molecule has 3 rings (SSSR count). The molecule has 30 heavy (non-hydrogen) atoms. The predicted octanol–water partition coefficient (Wildman–Crippen LogP) is 4.77. The first-order valence-electron chi connectivity index (χ1n) is 10.1. The van der Waals surface area contributed by atoms with Crippen LogP contribution in [0.15, 0.2) is 36.4 Å². The molecule has 0 aromatic heterocycles. The molecule has 2 N–H and O–H groups in total. The summed E-state index contributed by atoms with van der Waals surface area (Å²) in [7, 11) is 0. The molecule has 0 bridgehead atoms. The maximum Gasteiger partial charge on any atom is 0.165 e. The van der Waals surface area contributed by atoms with Crippen molar-refractivity contribution in [3.8, 4) is 5.75 Å².